The first-order chi connectivity index (χ1) is 12.7. The van der Waals surface area contributed by atoms with Crippen LogP contribution in [0.25, 0.3) is 16.9 Å². The number of fused-ring (bicyclic) bond motifs is 1. The van der Waals surface area contributed by atoms with Gasteiger partial charge in [0.15, 0.2) is 5.65 Å². The van der Waals surface area contributed by atoms with Crippen molar-refractivity contribution >= 4 is 5.65 Å². The number of hydrogen-bond acceptors (Lipinski definition) is 4. The molecule has 0 saturated carbocycles. The van der Waals surface area contributed by atoms with Crippen LogP contribution in [0.5, 0.6) is 5.88 Å². The van der Waals surface area contributed by atoms with Crippen molar-refractivity contribution in [2.45, 2.75) is 13.2 Å². The monoisotopic (exact) mass is 349 g/mol. The van der Waals surface area contributed by atoms with Crippen LogP contribution in [0, 0.1) is 5.82 Å². The van der Waals surface area contributed by atoms with E-state index in [1.807, 2.05) is 30.3 Å². The van der Waals surface area contributed by atoms with Gasteiger partial charge in [-0.2, -0.15) is 0 Å². The van der Waals surface area contributed by atoms with Crippen LogP contribution in [0.4, 0.5) is 4.39 Å². The van der Waals surface area contributed by atoms with Gasteiger partial charge in [0.1, 0.15) is 12.4 Å². The molecule has 0 aliphatic carbocycles. The second-order valence-electron chi connectivity index (χ2n) is 5.86. The quantitative estimate of drug-likeness (QED) is 0.598. The predicted molar refractivity (Wildman–Crippen MR) is 95.1 cm³/mol. The lowest BCUT2D eigenvalue weighted by atomic mass is 10.1. The van der Waals surface area contributed by atoms with Gasteiger partial charge in [-0.15, -0.1) is 5.10 Å². The summed E-state index contributed by atoms with van der Waals surface area (Å²) in [7, 11) is 0. The van der Waals surface area contributed by atoms with E-state index >= 15 is 0 Å². The number of hydrogen-bond donors (Lipinski definition) is 1. The molecule has 0 bridgehead atoms. The minimum Gasteiger partial charge on any atom is -0.472 e. The van der Waals surface area contributed by atoms with Crippen molar-refractivity contribution in [3.63, 3.8) is 0 Å². The van der Waals surface area contributed by atoms with E-state index in [1.54, 1.807) is 28.9 Å². The average Bonchev–Trinajstić information content (AvgIpc) is 3.10. The van der Waals surface area contributed by atoms with Gasteiger partial charge >= 0.3 is 0 Å². The fourth-order valence-corrected chi connectivity index (χ4v) is 2.70. The van der Waals surface area contributed by atoms with Crippen molar-refractivity contribution in [3.05, 3.63) is 83.8 Å². The van der Waals surface area contributed by atoms with Crippen LogP contribution in [0.2, 0.25) is 0 Å². The summed E-state index contributed by atoms with van der Waals surface area (Å²) in [6.07, 6.45) is 1.74. The number of halogens is 1. The molecule has 0 fully saturated rings. The molecule has 2 aromatic heterocycles. The Balaban J connectivity index is 1.61. The van der Waals surface area contributed by atoms with Crippen LogP contribution >= 0.6 is 0 Å². The molecule has 2 aromatic carbocycles. The molecule has 26 heavy (non-hydrogen) atoms. The number of nitrogens with zero attached hydrogens (tertiary/aromatic N) is 3. The van der Waals surface area contributed by atoms with E-state index in [1.165, 1.54) is 12.1 Å². The Morgan fingerprint density at radius 2 is 1.85 bits per heavy atom. The van der Waals surface area contributed by atoms with Gasteiger partial charge in [0, 0.05) is 11.6 Å². The Hall–Kier alpha value is -3.25. The zero-order valence-corrected chi connectivity index (χ0v) is 13.8. The van der Waals surface area contributed by atoms with Crippen molar-refractivity contribution < 1.29 is 14.2 Å². The number of rotatable bonds is 5. The number of aromatic nitrogens is 3. The molecule has 0 spiro atoms. The molecule has 0 atom stereocenters. The lowest BCUT2D eigenvalue weighted by molar-refractivity contribution is 0.282. The first-order valence-corrected chi connectivity index (χ1v) is 8.15. The summed E-state index contributed by atoms with van der Waals surface area (Å²) in [6.45, 7) is 0.231. The Morgan fingerprint density at radius 3 is 2.62 bits per heavy atom. The summed E-state index contributed by atoms with van der Waals surface area (Å²) in [5.74, 6) is 0.130. The molecule has 0 aliphatic rings. The minimum absolute atomic E-state index is 0.00372. The third-order valence-electron chi connectivity index (χ3n) is 4.05. The zero-order chi connectivity index (χ0) is 17.9. The standard InChI is InChI=1S/C20H16FN3O2/c21-17-3-1-2-15(10-17)13-26-20-9-8-19-22-11-18(24(19)23-20)16-6-4-14(12-25)5-7-16/h1-11,25H,12-13H2. The molecule has 130 valence electrons. The normalized spacial score (nSPS) is 11.0. The molecule has 0 amide bonds. The van der Waals surface area contributed by atoms with Gasteiger partial charge < -0.3 is 9.84 Å². The first kappa shape index (κ1) is 16.2. The zero-order valence-electron chi connectivity index (χ0n) is 13.8. The van der Waals surface area contributed by atoms with Gasteiger partial charge in [-0.3, -0.25) is 0 Å². The largest absolute Gasteiger partial charge is 0.472 e. The highest BCUT2D eigenvalue weighted by Crippen LogP contribution is 2.22. The van der Waals surface area contributed by atoms with E-state index in [-0.39, 0.29) is 19.0 Å². The molecule has 2 heterocycles. The predicted octanol–water partition coefficient (Wildman–Crippen LogP) is 3.61. The van der Waals surface area contributed by atoms with Crippen LogP contribution < -0.4 is 4.74 Å². The van der Waals surface area contributed by atoms with Crippen LogP contribution in [0.1, 0.15) is 11.1 Å². The van der Waals surface area contributed by atoms with E-state index in [4.69, 9.17) is 9.84 Å². The maximum absolute atomic E-state index is 13.3. The molecule has 0 unspecified atom stereocenters. The minimum atomic E-state index is -0.294. The molecule has 0 aliphatic heterocycles. The third kappa shape index (κ3) is 3.27. The highest BCUT2D eigenvalue weighted by atomic mass is 19.1. The molecule has 4 rings (SSSR count). The lowest BCUT2D eigenvalue weighted by Crippen LogP contribution is -2.01. The van der Waals surface area contributed by atoms with E-state index < -0.39 is 0 Å². The van der Waals surface area contributed by atoms with Crippen molar-refractivity contribution in [3.8, 4) is 17.1 Å². The number of benzene rings is 2. The maximum atomic E-state index is 13.3. The maximum Gasteiger partial charge on any atom is 0.232 e. The number of imidazole rings is 1. The van der Waals surface area contributed by atoms with Crippen molar-refractivity contribution in [2.75, 3.05) is 0 Å². The van der Waals surface area contributed by atoms with Crippen LogP contribution in [-0.2, 0) is 13.2 Å². The fourth-order valence-electron chi connectivity index (χ4n) is 2.70. The number of ether oxygens (including phenoxy) is 1. The van der Waals surface area contributed by atoms with Crippen LogP contribution in [0.3, 0.4) is 0 Å². The Kier molecular flexibility index (Phi) is 4.33. The van der Waals surface area contributed by atoms with Crippen molar-refractivity contribution in [1.29, 1.82) is 0 Å². The second-order valence-corrected chi connectivity index (χ2v) is 5.86. The van der Waals surface area contributed by atoms with Gasteiger partial charge in [-0.1, -0.05) is 36.4 Å². The average molecular weight is 349 g/mol. The first-order valence-electron chi connectivity index (χ1n) is 8.15. The Morgan fingerprint density at radius 1 is 1.00 bits per heavy atom. The van der Waals surface area contributed by atoms with Gasteiger partial charge in [-0.05, 0) is 29.3 Å². The van der Waals surface area contributed by atoms with Crippen molar-refractivity contribution in [1.82, 2.24) is 14.6 Å². The highest BCUT2D eigenvalue weighted by molar-refractivity contribution is 5.63. The molecule has 0 radical (unpaired) electrons. The molecule has 0 saturated heterocycles. The van der Waals surface area contributed by atoms with Crippen molar-refractivity contribution in [2.24, 2.45) is 0 Å². The Labute approximate surface area is 149 Å². The van der Waals surface area contributed by atoms with Crippen LogP contribution in [0.15, 0.2) is 66.9 Å². The summed E-state index contributed by atoms with van der Waals surface area (Å²) >= 11 is 0. The molecule has 6 heteroatoms. The Bertz CT molecular complexity index is 1040. The topological polar surface area (TPSA) is 59.7 Å². The summed E-state index contributed by atoms with van der Waals surface area (Å²) in [6, 6.07) is 17.4. The van der Waals surface area contributed by atoms with E-state index in [0.29, 0.717) is 11.5 Å². The summed E-state index contributed by atoms with van der Waals surface area (Å²) in [5, 5.41) is 13.6. The highest BCUT2D eigenvalue weighted by Gasteiger charge is 2.09. The molecular weight excluding hydrogens is 333 g/mol. The van der Waals surface area contributed by atoms with Gasteiger partial charge in [0.25, 0.3) is 0 Å². The van der Waals surface area contributed by atoms with E-state index in [0.717, 1.165) is 22.4 Å². The molecule has 1 N–H and O–H groups in total. The smallest absolute Gasteiger partial charge is 0.232 e. The van der Waals surface area contributed by atoms with Gasteiger partial charge in [0.2, 0.25) is 5.88 Å². The third-order valence-corrected chi connectivity index (χ3v) is 4.05. The fraction of sp³-hybridized carbons (Fsp3) is 0.100. The molecule has 5 nitrogen and oxygen atoms in total. The molecule has 4 aromatic rings. The second kappa shape index (κ2) is 6.93. The summed E-state index contributed by atoms with van der Waals surface area (Å²) in [4.78, 5) is 4.35. The number of aliphatic hydroxyl groups is 1. The summed E-state index contributed by atoms with van der Waals surface area (Å²) < 4.78 is 20.7. The van der Waals surface area contributed by atoms with E-state index in [2.05, 4.69) is 10.1 Å². The van der Waals surface area contributed by atoms with Crippen LogP contribution in [-0.4, -0.2) is 19.7 Å². The van der Waals surface area contributed by atoms with E-state index in [9.17, 15) is 4.39 Å². The van der Waals surface area contributed by atoms with Gasteiger partial charge in [-0.25, -0.2) is 13.9 Å². The lowest BCUT2D eigenvalue weighted by Gasteiger charge is -2.07. The SMILES string of the molecule is OCc1ccc(-c2cnc3ccc(OCc4cccc(F)c4)nn23)cc1. The summed E-state index contributed by atoms with van der Waals surface area (Å²) in [5.41, 5.74) is 4.03. The molecular formula is C20H16FN3O2. The number of aliphatic hydroxyl groups excluding tert-OH is 1. The van der Waals surface area contributed by atoms with Gasteiger partial charge in [0.05, 0.1) is 18.5 Å².